The molecular formula is C30H39N3O7. The molecule has 2 aromatic rings. The highest BCUT2D eigenvalue weighted by Gasteiger charge is 2.31. The summed E-state index contributed by atoms with van der Waals surface area (Å²) in [6.07, 6.45) is 0.861. The van der Waals surface area contributed by atoms with Crippen molar-refractivity contribution in [3.8, 4) is 28.4 Å². The second kappa shape index (κ2) is 11.7. The van der Waals surface area contributed by atoms with Crippen LogP contribution in [0.15, 0.2) is 29.1 Å². The molecule has 1 fully saturated rings. The van der Waals surface area contributed by atoms with Crippen LogP contribution in [0, 0.1) is 0 Å². The van der Waals surface area contributed by atoms with Crippen molar-refractivity contribution < 1.29 is 28.5 Å². The molecule has 40 heavy (non-hydrogen) atoms. The zero-order valence-electron chi connectivity index (χ0n) is 24.4. The zero-order chi connectivity index (χ0) is 29.2. The van der Waals surface area contributed by atoms with Crippen molar-refractivity contribution in [3.05, 3.63) is 45.6 Å². The number of aryl methyl sites for hydroxylation is 1. The number of amides is 2. The van der Waals surface area contributed by atoms with Crippen LogP contribution >= 0.6 is 0 Å². The number of hydrogen-bond donors (Lipinski definition) is 1. The third-order valence-electron chi connectivity index (χ3n) is 7.17. The van der Waals surface area contributed by atoms with E-state index in [4.69, 9.17) is 18.9 Å². The molecule has 0 radical (unpaired) electrons. The molecule has 216 valence electrons. The van der Waals surface area contributed by atoms with Crippen LogP contribution in [-0.2, 0) is 16.0 Å². The third kappa shape index (κ3) is 5.95. The molecule has 1 N–H and O–H groups in total. The Morgan fingerprint density at radius 2 is 1.62 bits per heavy atom. The van der Waals surface area contributed by atoms with Gasteiger partial charge in [-0.05, 0) is 68.5 Å². The number of nitrogens with one attached hydrogen (secondary N) is 1. The average Bonchev–Trinajstić information content (AvgIpc) is 3.15. The molecule has 0 bridgehead atoms. The van der Waals surface area contributed by atoms with Crippen LogP contribution in [0.3, 0.4) is 0 Å². The highest BCUT2D eigenvalue weighted by atomic mass is 16.6. The van der Waals surface area contributed by atoms with Gasteiger partial charge >= 0.3 is 6.09 Å². The standard InChI is InChI=1S/C30H39N3O7/c1-18(34)31-22-10-8-19-16-25(37-5)27(38-6)28(39-7)26(19)20-9-11-23(24(35)17-21(20)22)32-12-14-33(15-13-32)29(36)40-30(2,3)4/h9,11,16-17,22H,8,10,12-15H2,1-7H3,(H,31,34)/t22-/m0/s1. The van der Waals surface area contributed by atoms with E-state index in [1.165, 1.54) is 6.92 Å². The van der Waals surface area contributed by atoms with Crippen molar-refractivity contribution in [2.45, 2.75) is 52.2 Å². The fraction of sp³-hybridized carbons (Fsp3) is 0.500. The Morgan fingerprint density at radius 3 is 2.20 bits per heavy atom. The van der Waals surface area contributed by atoms with Crippen LogP contribution in [0.2, 0.25) is 0 Å². The first-order valence-electron chi connectivity index (χ1n) is 13.5. The molecule has 10 heteroatoms. The van der Waals surface area contributed by atoms with Crippen molar-refractivity contribution in [2.75, 3.05) is 52.4 Å². The Kier molecular flexibility index (Phi) is 8.46. The Bertz CT molecular complexity index is 1340. The zero-order valence-corrected chi connectivity index (χ0v) is 24.4. The molecule has 0 unspecified atom stereocenters. The lowest BCUT2D eigenvalue weighted by atomic mass is 9.95. The largest absolute Gasteiger partial charge is 0.493 e. The van der Waals surface area contributed by atoms with Crippen molar-refractivity contribution in [1.82, 2.24) is 10.2 Å². The van der Waals surface area contributed by atoms with E-state index in [2.05, 4.69) is 5.32 Å². The number of hydrogen-bond acceptors (Lipinski definition) is 8. The van der Waals surface area contributed by atoms with Gasteiger partial charge in [-0.2, -0.15) is 0 Å². The minimum Gasteiger partial charge on any atom is -0.493 e. The van der Waals surface area contributed by atoms with E-state index in [1.807, 2.05) is 43.9 Å². The molecule has 2 amide bonds. The fourth-order valence-corrected chi connectivity index (χ4v) is 5.42. The van der Waals surface area contributed by atoms with Gasteiger partial charge in [0.15, 0.2) is 11.5 Å². The number of anilines is 1. The third-order valence-corrected chi connectivity index (χ3v) is 7.17. The smallest absolute Gasteiger partial charge is 0.410 e. The van der Waals surface area contributed by atoms with Crippen LogP contribution in [0.4, 0.5) is 10.5 Å². The predicted octanol–water partition coefficient (Wildman–Crippen LogP) is 3.92. The van der Waals surface area contributed by atoms with E-state index in [9.17, 15) is 14.4 Å². The monoisotopic (exact) mass is 553 g/mol. The van der Waals surface area contributed by atoms with Gasteiger partial charge < -0.3 is 34.1 Å². The van der Waals surface area contributed by atoms with Gasteiger partial charge in [-0.3, -0.25) is 9.59 Å². The molecule has 2 aliphatic rings. The number of carbonyl (C=O) groups is 2. The molecule has 0 saturated carbocycles. The number of ether oxygens (including phenoxy) is 4. The highest BCUT2D eigenvalue weighted by molar-refractivity contribution is 5.84. The number of methoxy groups -OCH3 is 3. The molecule has 1 saturated heterocycles. The normalized spacial score (nSPS) is 16.7. The van der Waals surface area contributed by atoms with E-state index in [1.54, 1.807) is 32.3 Å². The molecule has 1 heterocycles. The minimum atomic E-state index is -0.574. The summed E-state index contributed by atoms with van der Waals surface area (Å²) in [7, 11) is 4.71. The molecule has 1 aliphatic carbocycles. The lowest BCUT2D eigenvalue weighted by molar-refractivity contribution is -0.119. The van der Waals surface area contributed by atoms with Crippen molar-refractivity contribution >= 4 is 17.7 Å². The maximum absolute atomic E-state index is 13.7. The molecule has 0 spiro atoms. The Morgan fingerprint density at radius 1 is 0.950 bits per heavy atom. The second-order valence-corrected chi connectivity index (χ2v) is 11.0. The summed E-state index contributed by atoms with van der Waals surface area (Å²) >= 11 is 0. The number of carbonyl (C=O) groups excluding carboxylic acids is 2. The van der Waals surface area contributed by atoms with E-state index in [0.29, 0.717) is 67.5 Å². The number of nitrogens with zero attached hydrogens (tertiary/aromatic N) is 2. The Hall–Kier alpha value is -3.95. The van der Waals surface area contributed by atoms with Gasteiger partial charge in [-0.1, -0.05) is 6.07 Å². The highest BCUT2D eigenvalue weighted by Crippen LogP contribution is 2.50. The van der Waals surface area contributed by atoms with E-state index < -0.39 is 5.60 Å². The lowest BCUT2D eigenvalue weighted by Gasteiger charge is -2.36. The number of benzene rings is 1. The molecule has 2 aromatic carbocycles. The van der Waals surface area contributed by atoms with Gasteiger partial charge in [0, 0.05) is 38.7 Å². The predicted molar refractivity (Wildman–Crippen MR) is 153 cm³/mol. The van der Waals surface area contributed by atoms with Crippen LogP contribution in [0.5, 0.6) is 17.2 Å². The van der Waals surface area contributed by atoms with Gasteiger partial charge in [-0.25, -0.2) is 4.79 Å². The topological polar surface area (TPSA) is 107 Å². The van der Waals surface area contributed by atoms with Crippen molar-refractivity contribution in [1.29, 1.82) is 0 Å². The first-order valence-corrected chi connectivity index (χ1v) is 13.5. The maximum atomic E-state index is 13.7. The van der Waals surface area contributed by atoms with Gasteiger partial charge in [0.25, 0.3) is 0 Å². The molecule has 1 aliphatic heterocycles. The number of rotatable bonds is 5. The molecule has 0 aromatic heterocycles. The van der Waals surface area contributed by atoms with Gasteiger partial charge in [0.2, 0.25) is 17.1 Å². The molecular weight excluding hydrogens is 514 g/mol. The van der Waals surface area contributed by atoms with E-state index in [-0.39, 0.29) is 23.5 Å². The molecule has 10 nitrogen and oxygen atoms in total. The first kappa shape index (κ1) is 29.0. The second-order valence-electron chi connectivity index (χ2n) is 11.0. The van der Waals surface area contributed by atoms with Crippen LogP contribution in [0.1, 0.15) is 51.3 Å². The first-order chi connectivity index (χ1) is 19.0. The number of fused-ring (bicyclic) bond motifs is 3. The summed E-state index contributed by atoms with van der Waals surface area (Å²) < 4.78 is 22.6. The summed E-state index contributed by atoms with van der Waals surface area (Å²) in [6, 6.07) is 6.91. The lowest BCUT2D eigenvalue weighted by Crippen LogP contribution is -2.50. The van der Waals surface area contributed by atoms with E-state index >= 15 is 0 Å². The maximum Gasteiger partial charge on any atom is 0.410 e. The van der Waals surface area contributed by atoms with Crippen molar-refractivity contribution in [3.63, 3.8) is 0 Å². The van der Waals surface area contributed by atoms with Gasteiger partial charge in [0.05, 0.1) is 33.1 Å². The summed E-state index contributed by atoms with van der Waals surface area (Å²) in [5, 5.41) is 3.03. The molecule has 4 rings (SSSR count). The van der Waals surface area contributed by atoms with Gasteiger partial charge in [0.1, 0.15) is 5.60 Å². The Balaban J connectivity index is 1.79. The summed E-state index contributed by atoms with van der Waals surface area (Å²) in [5.41, 5.74) is 3.05. The molecule has 1 atom stereocenters. The fourth-order valence-electron chi connectivity index (χ4n) is 5.42. The summed E-state index contributed by atoms with van der Waals surface area (Å²) in [4.78, 5) is 42.1. The quantitative estimate of drug-likeness (QED) is 0.594. The van der Waals surface area contributed by atoms with Crippen LogP contribution in [0.25, 0.3) is 11.1 Å². The minimum absolute atomic E-state index is 0.162. The van der Waals surface area contributed by atoms with Crippen LogP contribution < -0.4 is 29.9 Å². The number of piperazine rings is 1. The van der Waals surface area contributed by atoms with Crippen LogP contribution in [-0.4, -0.2) is 70.0 Å². The SMILES string of the molecule is COc1cc2c(c(OC)c1OC)-c1ccc(N3CCN(C(=O)OC(C)(C)C)CC3)c(=O)cc1[C@@H](NC(C)=O)CC2. The van der Waals surface area contributed by atoms with Crippen molar-refractivity contribution in [2.24, 2.45) is 0 Å². The Labute approximate surface area is 235 Å². The van der Waals surface area contributed by atoms with E-state index in [0.717, 1.165) is 16.7 Å². The summed E-state index contributed by atoms with van der Waals surface area (Å²) in [5.74, 6) is 1.33. The van der Waals surface area contributed by atoms with Gasteiger partial charge in [-0.15, -0.1) is 0 Å². The average molecular weight is 554 g/mol. The summed E-state index contributed by atoms with van der Waals surface area (Å²) in [6.45, 7) is 8.85.